The molecular weight excluding hydrogens is 248 g/mol. The summed E-state index contributed by atoms with van der Waals surface area (Å²) < 4.78 is 5.21. The summed E-state index contributed by atoms with van der Waals surface area (Å²) in [4.78, 5) is 28.3. The molecular formula is C13H18N2O4. The van der Waals surface area contributed by atoms with Gasteiger partial charge in [-0.1, -0.05) is 0 Å². The van der Waals surface area contributed by atoms with Gasteiger partial charge in [0.2, 0.25) is 0 Å². The topological polar surface area (TPSA) is 79.7 Å². The van der Waals surface area contributed by atoms with Gasteiger partial charge in [-0.15, -0.1) is 0 Å². The molecule has 0 fully saturated rings. The molecule has 6 heteroatoms. The van der Waals surface area contributed by atoms with Crippen LogP contribution in [0.3, 0.4) is 0 Å². The van der Waals surface area contributed by atoms with Gasteiger partial charge in [-0.3, -0.25) is 4.79 Å². The molecule has 0 aromatic carbocycles. The highest BCUT2D eigenvalue weighted by atomic mass is 16.5. The maximum absolute atomic E-state index is 12.2. The molecule has 0 saturated heterocycles. The summed E-state index contributed by atoms with van der Waals surface area (Å²) in [5, 5.41) is 8.85. The number of nitrogens with zero attached hydrogens (tertiary/aromatic N) is 2. The lowest BCUT2D eigenvalue weighted by Crippen LogP contribution is -2.34. The quantitative estimate of drug-likeness (QED) is 0.752. The highest BCUT2D eigenvalue weighted by Crippen LogP contribution is 2.06. The fourth-order valence-electron chi connectivity index (χ4n) is 1.59. The number of pyridine rings is 1. The van der Waals surface area contributed by atoms with Crippen molar-refractivity contribution in [3.8, 4) is 0 Å². The van der Waals surface area contributed by atoms with Gasteiger partial charge in [-0.25, -0.2) is 9.78 Å². The molecule has 0 spiro atoms. The average molecular weight is 266 g/mol. The summed E-state index contributed by atoms with van der Waals surface area (Å²) >= 11 is 0. The molecule has 0 radical (unpaired) electrons. The van der Waals surface area contributed by atoms with Gasteiger partial charge < -0.3 is 14.7 Å². The van der Waals surface area contributed by atoms with E-state index in [1.807, 2.05) is 13.8 Å². The summed E-state index contributed by atoms with van der Waals surface area (Å²) in [6.45, 7) is 5.84. The summed E-state index contributed by atoms with van der Waals surface area (Å²) in [6, 6.07) is 2.80. The number of hydrogen-bond donors (Lipinski definition) is 1. The van der Waals surface area contributed by atoms with Crippen LogP contribution in [-0.4, -0.2) is 53.2 Å². The normalized spacial score (nSPS) is 10.2. The third kappa shape index (κ3) is 4.33. The van der Waals surface area contributed by atoms with Crippen LogP contribution in [0.5, 0.6) is 0 Å². The number of carbonyl (C=O) groups excluding carboxylic acids is 1. The van der Waals surface area contributed by atoms with Crippen LogP contribution < -0.4 is 0 Å². The molecule has 104 valence electrons. The van der Waals surface area contributed by atoms with E-state index in [1.54, 1.807) is 4.90 Å². The van der Waals surface area contributed by atoms with Gasteiger partial charge in [0.15, 0.2) is 0 Å². The number of aromatic nitrogens is 1. The van der Waals surface area contributed by atoms with Crippen molar-refractivity contribution in [3.63, 3.8) is 0 Å². The maximum atomic E-state index is 12.2. The largest absolute Gasteiger partial charge is 0.477 e. The standard InChI is InChI=1S/C13H18N2O4/c1-3-15(7-8-19-4-2)12(16)10-5-6-14-11(9-10)13(17)18/h5-6,9H,3-4,7-8H2,1-2H3,(H,17,18). The number of carboxylic acids is 1. The Kier molecular flexibility index (Phi) is 5.95. The molecule has 1 rings (SSSR count). The zero-order valence-electron chi connectivity index (χ0n) is 11.1. The molecule has 1 aromatic rings. The predicted molar refractivity (Wildman–Crippen MR) is 69.3 cm³/mol. The second kappa shape index (κ2) is 7.48. The molecule has 0 atom stereocenters. The second-order valence-corrected chi connectivity index (χ2v) is 3.82. The van der Waals surface area contributed by atoms with Crippen LogP contribution in [0.25, 0.3) is 0 Å². The summed E-state index contributed by atoms with van der Waals surface area (Å²) in [5.74, 6) is -1.36. The minimum atomic E-state index is -1.15. The van der Waals surface area contributed by atoms with E-state index < -0.39 is 5.97 Å². The van der Waals surface area contributed by atoms with E-state index in [-0.39, 0.29) is 11.6 Å². The van der Waals surface area contributed by atoms with Crippen molar-refractivity contribution in [2.24, 2.45) is 0 Å². The number of ether oxygens (including phenoxy) is 1. The minimum Gasteiger partial charge on any atom is -0.477 e. The van der Waals surface area contributed by atoms with E-state index in [0.29, 0.717) is 31.9 Å². The van der Waals surface area contributed by atoms with Crippen LogP contribution in [-0.2, 0) is 4.74 Å². The lowest BCUT2D eigenvalue weighted by atomic mass is 10.2. The van der Waals surface area contributed by atoms with Crippen molar-refractivity contribution >= 4 is 11.9 Å². The van der Waals surface area contributed by atoms with Gasteiger partial charge in [-0.05, 0) is 26.0 Å². The maximum Gasteiger partial charge on any atom is 0.354 e. The number of aromatic carboxylic acids is 1. The lowest BCUT2D eigenvalue weighted by molar-refractivity contribution is 0.0668. The van der Waals surface area contributed by atoms with Crippen LogP contribution >= 0.6 is 0 Å². The van der Waals surface area contributed by atoms with Crippen molar-refractivity contribution in [2.45, 2.75) is 13.8 Å². The highest BCUT2D eigenvalue weighted by molar-refractivity contribution is 5.96. The van der Waals surface area contributed by atoms with Crippen molar-refractivity contribution < 1.29 is 19.4 Å². The third-order valence-electron chi connectivity index (χ3n) is 2.60. The van der Waals surface area contributed by atoms with E-state index in [1.165, 1.54) is 18.3 Å². The molecule has 0 bridgehead atoms. The van der Waals surface area contributed by atoms with Crippen LogP contribution in [0.4, 0.5) is 0 Å². The average Bonchev–Trinajstić information content (AvgIpc) is 2.43. The van der Waals surface area contributed by atoms with Gasteiger partial charge in [0.1, 0.15) is 5.69 Å². The number of likely N-dealkylation sites (N-methyl/N-ethyl adjacent to an activating group) is 1. The van der Waals surface area contributed by atoms with Crippen molar-refractivity contribution in [3.05, 3.63) is 29.6 Å². The van der Waals surface area contributed by atoms with Crippen LogP contribution in [0.2, 0.25) is 0 Å². The molecule has 0 unspecified atom stereocenters. The molecule has 0 aliphatic rings. The first-order valence-corrected chi connectivity index (χ1v) is 6.16. The number of carbonyl (C=O) groups is 2. The molecule has 0 saturated carbocycles. The Hall–Kier alpha value is -1.95. The molecule has 1 N–H and O–H groups in total. The predicted octanol–water partition coefficient (Wildman–Crippen LogP) is 1.28. The zero-order valence-corrected chi connectivity index (χ0v) is 11.1. The van der Waals surface area contributed by atoms with Gasteiger partial charge in [0, 0.05) is 31.5 Å². The monoisotopic (exact) mass is 266 g/mol. The Labute approximate surface area is 112 Å². The number of carboxylic acid groups (broad SMARTS) is 1. The molecule has 19 heavy (non-hydrogen) atoms. The van der Waals surface area contributed by atoms with Gasteiger partial charge >= 0.3 is 5.97 Å². The molecule has 1 aromatic heterocycles. The minimum absolute atomic E-state index is 0.133. The smallest absolute Gasteiger partial charge is 0.354 e. The van der Waals surface area contributed by atoms with E-state index in [0.717, 1.165) is 0 Å². The number of hydrogen-bond acceptors (Lipinski definition) is 4. The van der Waals surface area contributed by atoms with E-state index in [2.05, 4.69) is 4.98 Å². The van der Waals surface area contributed by atoms with Crippen molar-refractivity contribution in [2.75, 3.05) is 26.3 Å². The van der Waals surface area contributed by atoms with E-state index in [4.69, 9.17) is 9.84 Å². The first kappa shape index (κ1) is 15.1. The molecule has 1 heterocycles. The molecule has 0 aliphatic carbocycles. The van der Waals surface area contributed by atoms with E-state index >= 15 is 0 Å². The van der Waals surface area contributed by atoms with Crippen molar-refractivity contribution in [1.29, 1.82) is 0 Å². The van der Waals surface area contributed by atoms with Crippen LogP contribution in [0.1, 0.15) is 34.7 Å². The molecule has 0 aliphatic heterocycles. The second-order valence-electron chi connectivity index (χ2n) is 3.82. The summed E-state index contributed by atoms with van der Waals surface area (Å²) in [7, 11) is 0. The van der Waals surface area contributed by atoms with Gasteiger partial charge in [0.05, 0.1) is 6.61 Å². The molecule has 1 amide bonds. The van der Waals surface area contributed by atoms with Crippen LogP contribution in [0.15, 0.2) is 18.3 Å². The summed E-state index contributed by atoms with van der Waals surface area (Å²) in [5.41, 5.74) is 0.192. The number of amides is 1. The Balaban J connectivity index is 2.79. The molecule has 6 nitrogen and oxygen atoms in total. The Bertz CT molecular complexity index is 448. The lowest BCUT2D eigenvalue weighted by Gasteiger charge is -2.20. The third-order valence-corrected chi connectivity index (χ3v) is 2.60. The fourth-order valence-corrected chi connectivity index (χ4v) is 1.59. The first-order chi connectivity index (χ1) is 9.10. The van der Waals surface area contributed by atoms with Gasteiger partial charge in [-0.2, -0.15) is 0 Å². The number of rotatable bonds is 7. The van der Waals surface area contributed by atoms with Crippen molar-refractivity contribution in [1.82, 2.24) is 9.88 Å². The first-order valence-electron chi connectivity index (χ1n) is 6.16. The SMILES string of the molecule is CCOCCN(CC)C(=O)c1ccnc(C(=O)O)c1. The van der Waals surface area contributed by atoms with Crippen LogP contribution in [0, 0.1) is 0 Å². The Morgan fingerprint density at radius 1 is 1.42 bits per heavy atom. The summed E-state index contributed by atoms with van der Waals surface area (Å²) in [6.07, 6.45) is 1.33. The van der Waals surface area contributed by atoms with E-state index in [9.17, 15) is 9.59 Å². The van der Waals surface area contributed by atoms with Gasteiger partial charge in [0.25, 0.3) is 5.91 Å². The zero-order chi connectivity index (χ0) is 14.3. The Morgan fingerprint density at radius 2 is 2.16 bits per heavy atom. The Morgan fingerprint density at radius 3 is 2.74 bits per heavy atom. The fraction of sp³-hybridized carbons (Fsp3) is 0.462. The highest BCUT2D eigenvalue weighted by Gasteiger charge is 2.16.